The van der Waals surface area contributed by atoms with Gasteiger partial charge in [-0.2, -0.15) is 0 Å². The fourth-order valence-corrected chi connectivity index (χ4v) is 2.96. The second kappa shape index (κ2) is 6.67. The van der Waals surface area contributed by atoms with Crippen LogP contribution in [0.4, 0.5) is 10.1 Å². The van der Waals surface area contributed by atoms with Gasteiger partial charge in [0.1, 0.15) is 5.82 Å². The van der Waals surface area contributed by atoms with Gasteiger partial charge < -0.3 is 5.73 Å². The van der Waals surface area contributed by atoms with E-state index in [1.807, 2.05) is 24.3 Å². The number of rotatable bonds is 4. The Balaban J connectivity index is 2.31. The van der Waals surface area contributed by atoms with E-state index in [2.05, 4.69) is 37.3 Å². The fraction of sp³-hybridized carbons (Fsp3) is 0.143. The lowest BCUT2D eigenvalue weighted by Crippen LogP contribution is -2.30. The van der Waals surface area contributed by atoms with E-state index in [1.165, 1.54) is 12.1 Å². The molecule has 3 nitrogen and oxygen atoms in total. The van der Waals surface area contributed by atoms with Crippen molar-refractivity contribution in [3.05, 3.63) is 62.3 Å². The first-order chi connectivity index (χ1) is 9.49. The molecule has 0 saturated heterocycles. The zero-order valence-corrected chi connectivity index (χ0v) is 13.7. The number of hydrogen-bond donors (Lipinski definition) is 3. The molecule has 2 aromatic carbocycles. The molecule has 2 aromatic rings. The molecule has 0 fully saturated rings. The lowest BCUT2D eigenvalue weighted by Gasteiger charge is -2.19. The summed E-state index contributed by atoms with van der Waals surface area (Å²) in [5, 5.41) is 0. The maximum atomic E-state index is 13.4. The third-order valence-electron chi connectivity index (χ3n) is 2.99. The summed E-state index contributed by atoms with van der Waals surface area (Å²) in [6.45, 7) is 0. The van der Waals surface area contributed by atoms with Gasteiger partial charge in [0.15, 0.2) is 0 Å². The molecule has 2 rings (SSSR count). The van der Waals surface area contributed by atoms with Crippen LogP contribution in [0.15, 0.2) is 45.3 Å². The maximum Gasteiger partial charge on any atom is 0.124 e. The molecule has 0 saturated carbocycles. The number of nitrogen functional groups attached to an aromatic ring is 1. The summed E-state index contributed by atoms with van der Waals surface area (Å²) >= 11 is 6.69. The van der Waals surface area contributed by atoms with Crippen LogP contribution in [0.25, 0.3) is 0 Å². The first kappa shape index (κ1) is 15.4. The Hall–Kier alpha value is -0.950. The predicted octanol–water partition coefficient (Wildman–Crippen LogP) is 3.68. The highest BCUT2D eigenvalue weighted by atomic mass is 79.9. The lowest BCUT2D eigenvalue weighted by atomic mass is 9.98. The molecule has 20 heavy (non-hydrogen) atoms. The summed E-state index contributed by atoms with van der Waals surface area (Å²) in [5.74, 6) is 5.34. The molecule has 0 radical (unpaired) electrons. The van der Waals surface area contributed by atoms with Gasteiger partial charge in [-0.15, -0.1) is 0 Å². The molecular formula is C14H14Br2FN3. The number of hydrogen-bond acceptors (Lipinski definition) is 3. The zero-order valence-electron chi connectivity index (χ0n) is 10.5. The van der Waals surface area contributed by atoms with E-state index in [0.717, 1.165) is 15.6 Å². The Morgan fingerprint density at radius 3 is 2.50 bits per heavy atom. The Morgan fingerprint density at radius 2 is 1.85 bits per heavy atom. The summed E-state index contributed by atoms with van der Waals surface area (Å²) in [7, 11) is 0. The van der Waals surface area contributed by atoms with Crippen molar-refractivity contribution in [2.24, 2.45) is 5.84 Å². The van der Waals surface area contributed by atoms with Crippen molar-refractivity contribution >= 4 is 37.5 Å². The highest BCUT2D eigenvalue weighted by Crippen LogP contribution is 2.27. The molecule has 0 aliphatic heterocycles. The molecule has 0 aliphatic carbocycles. The van der Waals surface area contributed by atoms with Crippen LogP contribution in [0.3, 0.4) is 0 Å². The molecule has 5 N–H and O–H groups in total. The number of nitrogens with two attached hydrogens (primary N) is 2. The van der Waals surface area contributed by atoms with Crippen molar-refractivity contribution < 1.29 is 4.39 Å². The maximum absolute atomic E-state index is 13.4. The second-order valence-corrected chi connectivity index (χ2v) is 6.31. The third kappa shape index (κ3) is 3.79. The molecular weight excluding hydrogens is 389 g/mol. The predicted molar refractivity (Wildman–Crippen MR) is 86.4 cm³/mol. The number of hydrazine groups is 1. The minimum atomic E-state index is -0.285. The highest BCUT2D eigenvalue weighted by molar-refractivity contribution is 9.10. The molecule has 0 aromatic heterocycles. The van der Waals surface area contributed by atoms with Gasteiger partial charge in [-0.25, -0.2) is 4.39 Å². The summed E-state index contributed by atoms with van der Waals surface area (Å²) < 4.78 is 15.0. The van der Waals surface area contributed by atoms with E-state index < -0.39 is 0 Å². The monoisotopic (exact) mass is 401 g/mol. The van der Waals surface area contributed by atoms with Gasteiger partial charge in [0.25, 0.3) is 0 Å². The number of halogens is 3. The molecule has 1 atom stereocenters. The number of benzene rings is 2. The largest absolute Gasteiger partial charge is 0.398 e. The van der Waals surface area contributed by atoms with Crippen LogP contribution < -0.4 is 17.0 Å². The molecule has 0 spiro atoms. The van der Waals surface area contributed by atoms with Crippen molar-refractivity contribution in [1.29, 1.82) is 0 Å². The SMILES string of the molecule is NNC(Cc1cc(F)cc(Br)c1)c1cc(Br)ccc1N. The topological polar surface area (TPSA) is 64.1 Å². The summed E-state index contributed by atoms with van der Waals surface area (Å²) in [4.78, 5) is 0. The quantitative estimate of drug-likeness (QED) is 0.415. The minimum Gasteiger partial charge on any atom is -0.398 e. The Labute approximate surface area is 133 Å². The van der Waals surface area contributed by atoms with E-state index in [9.17, 15) is 4.39 Å². The van der Waals surface area contributed by atoms with Crippen LogP contribution in [-0.2, 0) is 6.42 Å². The third-order valence-corrected chi connectivity index (χ3v) is 3.94. The number of anilines is 1. The van der Waals surface area contributed by atoms with Crippen LogP contribution in [-0.4, -0.2) is 0 Å². The van der Waals surface area contributed by atoms with Gasteiger partial charge in [-0.1, -0.05) is 31.9 Å². The van der Waals surface area contributed by atoms with Gasteiger partial charge in [-0.05, 0) is 53.9 Å². The Bertz CT molecular complexity index is 599. The molecule has 6 heteroatoms. The van der Waals surface area contributed by atoms with Crippen LogP contribution in [0.5, 0.6) is 0 Å². The minimum absolute atomic E-state index is 0.193. The average molecular weight is 403 g/mol. The summed E-state index contributed by atoms with van der Waals surface area (Å²) in [6.07, 6.45) is 0.535. The van der Waals surface area contributed by atoms with Crippen molar-refractivity contribution in [2.75, 3.05) is 5.73 Å². The van der Waals surface area contributed by atoms with Crippen molar-refractivity contribution in [1.82, 2.24) is 5.43 Å². The second-order valence-electron chi connectivity index (χ2n) is 4.47. The fourth-order valence-electron chi connectivity index (χ4n) is 2.07. The normalized spacial score (nSPS) is 12.4. The van der Waals surface area contributed by atoms with Crippen LogP contribution in [0.2, 0.25) is 0 Å². The van der Waals surface area contributed by atoms with Crippen LogP contribution >= 0.6 is 31.9 Å². The van der Waals surface area contributed by atoms with Gasteiger partial charge in [0, 0.05) is 14.6 Å². The van der Waals surface area contributed by atoms with E-state index >= 15 is 0 Å². The van der Waals surface area contributed by atoms with E-state index in [1.54, 1.807) is 0 Å². The van der Waals surface area contributed by atoms with Gasteiger partial charge >= 0.3 is 0 Å². The molecule has 0 aliphatic rings. The van der Waals surface area contributed by atoms with Crippen LogP contribution in [0, 0.1) is 5.82 Å². The Kier molecular flexibility index (Phi) is 5.15. The van der Waals surface area contributed by atoms with E-state index in [0.29, 0.717) is 16.6 Å². The lowest BCUT2D eigenvalue weighted by molar-refractivity contribution is 0.549. The van der Waals surface area contributed by atoms with Crippen molar-refractivity contribution in [3.63, 3.8) is 0 Å². The summed E-state index contributed by atoms with van der Waals surface area (Å²) in [6, 6.07) is 10.2. The standard InChI is InChI=1S/C14H14Br2FN3/c15-9-1-2-13(18)12(7-9)14(20-19)5-8-3-10(16)6-11(17)4-8/h1-4,6-7,14,20H,5,18-19H2. The summed E-state index contributed by atoms with van der Waals surface area (Å²) in [5.41, 5.74) is 11.1. The zero-order chi connectivity index (χ0) is 14.7. The smallest absolute Gasteiger partial charge is 0.124 e. The number of nitrogens with one attached hydrogen (secondary N) is 1. The first-order valence-corrected chi connectivity index (χ1v) is 7.54. The Morgan fingerprint density at radius 1 is 1.10 bits per heavy atom. The van der Waals surface area contributed by atoms with Crippen LogP contribution in [0.1, 0.15) is 17.2 Å². The van der Waals surface area contributed by atoms with Gasteiger partial charge in [-0.3, -0.25) is 11.3 Å². The molecule has 0 heterocycles. The highest BCUT2D eigenvalue weighted by Gasteiger charge is 2.15. The molecule has 0 amide bonds. The van der Waals surface area contributed by atoms with Gasteiger partial charge in [0.2, 0.25) is 0 Å². The van der Waals surface area contributed by atoms with Gasteiger partial charge in [0.05, 0.1) is 6.04 Å². The van der Waals surface area contributed by atoms with Crippen molar-refractivity contribution in [2.45, 2.75) is 12.5 Å². The first-order valence-electron chi connectivity index (χ1n) is 5.95. The molecule has 0 bridgehead atoms. The van der Waals surface area contributed by atoms with E-state index in [-0.39, 0.29) is 11.9 Å². The van der Waals surface area contributed by atoms with Crippen molar-refractivity contribution in [3.8, 4) is 0 Å². The molecule has 1 unspecified atom stereocenters. The average Bonchev–Trinajstić information content (AvgIpc) is 2.38. The molecule has 106 valence electrons. The van der Waals surface area contributed by atoms with E-state index in [4.69, 9.17) is 11.6 Å².